The molecule has 0 amide bonds. The number of anilines is 1. The summed E-state index contributed by atoms with van der Waals surface area (Å²) >= 11 is 0. The fourth-order valence-electron chi connectivity index (χ4n) is 2.96. The van der Waals surface area contributed by atoms with E-state index in [9.17, 15) is 4.79 Å². The lowest BCUT2D eigenvalue weighted by Gasteiger charge is -2.28. The summed E-state index contributed by atoms with van der Waals surface area (Å²) in [5.74, 6) is 0. The molecule has 0 aliphatic carbocycles. The molecule has 0 spiro atoms. The van der Waals surface area contributed by atoms with Crippen LogP contribution >= 0.6 is 0 Å². The lowest BCUT2D eigenvalue weighted by molar-refractivity contribution is 0.448. The van der Waals surface area contributed by atoms with Crippen LogP contribution in [0.4, 0.5) is 5.69 Å². The van der Waals surface area contributed by atoms with Crippen LogP contribution in [0.15, 0.2) is 17.1 Å². The van der Waals surface area contributed by atoms with Gasteiger partial charge in [-0.2, -0.15) is 5.10 Å². The highest BCUT2D eigenvalue weighted by Gasteiger charge is 2.12. The fourth-order valence-corrected chi connectivity index (χ4v) is 2.96. The molecule has 1 saturated heterocycles. The van der Waals surface area contributed by atoms with Crippen molar-refractivity contribution in [2.24, 2.45) is 0 Å². The van der Waals surface area contributed by atoms with E-state index in [1.165, 1.54) is 19.3 Å². The summed E-state index contributed by atoms with van der Waals surface area (Å²) in [5.41, 5.74) is 1.01. The minimum Gasteiger partial charge on any atom is -0.370 e. The molecule has 1 aromatic heterocycles. The smallest absolute Gasteiger partial charge is 0.268 e. The van der Waals surface area contributed by atoms with E-state index in [-0.39, 0.29) is 5.56 Å². The van der Waals surface area contributed by atoms with Crippen molar-refractivity contribution in [2.75, 3.05) is 25.0 Å². The van der Waals surface area contributed by atoms with E-state index >= 15 is 0 Å². The van der Waals surface area contributed by atoms with Gasteiger partial charge in [-0.05, 0) is 45.6 Å². The van der Waals surface area contributed by atoms with Crippen molar-refractivity contribution >= 4 is 5.69 Å². The van der Waals surface area contributed by atoms with Crippen molar-refractivity contribution in [3.8, 4) is 0 Å². The van der Waals surface area contributed by atoms with Gasteiger partial charge in [0.25, 0.3) is 5.56 Å². The predicted molar refractivity (Wildman–Crippen MR) is 86.9 cm³/mol. The molecule has 21 heavy (non-hydrogen) atoms. The molecule has 1 atom stereocenters. The molecule has 0 aromatic carbocycles. The van der Waals surface area contributed by atoms with E-state index in [1.54, 1.807) is 10.7 Å². The van der Waals surface area contributed by atoms with Crippen molar-refractivity contribution < 1.29 is 0 Å². The Morgan fingerprint density at radius 3 is 2.71 bits per heavy atom. The van der Waals surface area contributed by atoms with Gasteiger partial charge in [0.1, 0.15) is 0 Å². The second-order valence-corrected chi connectivity index (χ2v) is 5.86. The molecule has 118 valence electrons. The number of rotatable bonds is 7. The molecule has 1 aromatic rings. The third-order valence-corrected chi connectivity index (χ3v) is 4.40. The lowest BCUT2D eigenvalue weighted by atomic mass is 10.1. The minimum atomic E-state index is 0.0237. The van der Waals surface area contributed by atoms with Gasteiger partial charge >= 0.3 is 0 Å². The molecule has 0 radical (unpaired) electrons. The number of nitrogens with zero attached hydrogens (tertiary/aromatic N) is 3. The van der Waals surface area contributed by atoms with Crippen molar-refractivity contribution in [1.82, 2.24) is 15.1 Å². The minimum absolute atomic E-state index is 0.0237. The second-order valence-electron chi connectivity index (χ2n) is 5.86. The molecule has 2 rings (SSSR count). The first-order valence-corrected chi connectivity index (χ1v) is 8.24. The summed E-state index contributed by atoms with van der Waals surface area (Å²) in [5, 5.41) is 7.63. The predicted octanol–water partition coefficient (Wildman–Crippen LogP) is 2.01. The average molecular weight is 292 g/mol. The van der Waals surface area contributed by atoms with Gasteiger partial charge in [0, 0.05) is 31.7 Å². The zero-order valence-electron chi connectivity index (χ0n) is 13.3. The first-order valence-electron chi connectivity index (χ1n) is 8.24. The summed E-state index contributed by atoms with van der Waals surface area (Å²) in [6.45, 7) is 4.98. The molecule has 1 aliphatic rings. The molecule has 0 bridgehead atoms. The van der Waals surface area contributed by atoms with Crippen molar-refractivity contribution in [1.29, 1.82) is 0 Å². The number of hydrogen-bond acceptors (Lipinski definition) is 4. The zero-order valence-corrected chi connectivity index (χ0v) is 13.3. The maximum Gasteiger partial charge on any atom is 0.268 e. The van der Waals surface area contributed by atoms with Crippen LogP contribution in [0.1, 0.15) is 45.4 Å². The molecule has 0 saturated carbocycles. The highest BCUT2D eigenvalue weighted by molar-refractivity contribution is 5.43. The van der Waals surface area contributed by atoms with Crippen LogP contribution in [0.2, 0.25) is 0 Å². The van der Waals surface area contributed by atoms with Gasteiger partial charge in [-0.25, -0.2) is 4.68 Å². The molecular weight excluding hydrogens is 264 g/mol. The van der Waals surface area contributed by atoms with Gasteiger partial charge < -0.3 is 10.2 Å². The number of aryl methyl sites for hydroxylation is 1. The molecule has 1 fully saturated rings. The number of nitrogens with one attached hydrogen (secondary N) is 1. The first-order chi connectivity index (χ1) is 10.2. The maximum atomic E-state index is 12.2. The van der Waals surface area contributed by atoms with Crippen LogP contribution in [0, 0.1) is 0 Å². The Kier molecular flexibility index (Phi) is 6.23. The molecule has 1 unspecified atom stereocenters. The van der Waals surface area contributed by atoms with Crippen LogP contribution < -0.4 is 15.8 Å². The zero-order chi connectivity index (χ0) is 15.1. The van der Waals surface area contributed by atoms with E-state index in [4.69, 9.17) is 0 Å². The Bertz CT molecular complexity index is 475. The van der Waals surface area contributed by atoms with Crippen LogP contribution in [0.3, 0.4) is 0 Å². The topological polar surface area (TPSA) is 50.2 Å². The normalized spacial score (nSPS) is 17.0. The molecule has 1 N–H and O–H groups in total. The Morgan fingerprint density at radius 1 is 1.33 bits per heavy atom. The van der Waals surface area contributed by atoms with Crippen LogP contribution in [0.5, 0.6) is 0 Å². The monoisotopic (exact) mass is 292 g/mol. The highest BCUT2D eigenvalue weighted by atomic mass is 16.1. The second kappa shape index (κ2) is 8.17. The van der Waals surface area contributed by atoms with E-state index in [0.717, 1.165) is 38.0 Å². The van der Waals surface area contributed by atoms with E-state index in [2.05, 4.69) is 22.2 Å². The first kappa shape index (κ1) is 16.0. The summed E-state index contributed by atoms with van der Waals surface area (Å²) in [6.07, 6.45) is 8.75. The molecule has 2 heterocycles. The highest BCUT2D eigenvalue weighted by Crippen LogP contribution is 2.16. The Labute approximate surface area is 127 Å². The van der Waals surface area contributed by atoms with E-state index in [0.29, 0.717) is 12.6 Å². The van der Waals surface area contributed by atoms with E-state index in [1.807, 2.05) is 13.2 Å². The van der Waals surface area contributed by atoms with E-state index < -0.39 is 0 Å². The number of piperidine rings is 1. The van der Waals surface area contributed by atoms with Gasteiger partial charge in [-0.1, -0.05) is 6.92 Å². The summed E-state index contributed by atoms with van der Waals surface area (Å²) < 4.78 is 1.59. The molecule has 1 aliphatic heterocycles. The van der Waals surface area contributed by atoms with Crippen molar-refractivity contribution in [3.05, 3.63) is 22.6 Å². The Hall–Kier alpha value is -1.36. The number of hydrogen-bond donors (Lipinski definition) is 1. The summed E-state index contributed by atoms with van der Waals surface area (Å²) in [7, 11) is 1.99. The van der Waals surface area contributed by atoms with Crippen LogP contribution in [0.25, 0.3) is 0 Å². The van der Waals surface area contributed by atoms with Gasteiger partial charge in [0.2, 0.25) is 0 Å². The quantitative estimate of drug-likeness (QED) is 0.835. The SMILES string of the molecule is CCC(CCCn1ncc(N2CCCCC2)cc1=O)NC. The van der Waals surface area contributed by atoms with Gasteiger partial charge in [0.05, 0.1) is 11.9 Å². The van der Waals surface area contributed by atoms with Gasteiger partial charge in [0.15, 0.2) is 0 Å². The maximum absolute atomic E-state index is 12.2. The van der Waals surface area contributed by atoms with Crippen molar-refractivity contribution in [2.45, 2.75) is 58.0 Å². The van der Waals surface area contributed by atoms with Crippen molar-refractivity contribution in [3.63, 3.8) is 0 Å². The van der Waals surface area contributed by atoms with Gasteiger partial charge in [-0.15, -0.1) is 0 Å². The Morgan fingerprint density at radius 2 is 2.10 bits per heavy atom. The third kappa shape index (κ3) is 4.56. The summed E-state index contributed by atoms with van der Waals surface area (Å²) in [4.78, 5) is 14.4. The molecular formula is C16H28N4O. The molecule has 5 heteroatoms. The third-order valence-electron chi connectivity index (χ3n) is 4.40. The molecule has 5 nitrogen and oxygen atoms in total. The lowest BCUT2D eigenvalue weighted by Crippen LogP contribution is -2.32. The number of aromatic nitrogens is 2. The standard InChI is InChI=1S/C16H28N4O/c1-3-14(17-2)8-7-11-20-16(21)12-15(13-18-20)19-9-5-4-6-10-19/h12-14,17H,3-11H2,1-2H3. The summed E-state index contributed by atoms with van der Waals surface area (Å²) in [6, 6.07) is 2.28. The Balaban J connectivity index is 1.91. The van der Waals surface area contributed by atoms with Gasteiger partial charge in [-0.3, -0.25) is 4.79 Å². The van der Waals surface area contributed by atoms with Crippen LogP contribution in [-0.2, 0) is 6.54 Å². The van der Waals surface area contributed by atoms with Crippen LogP contribution in [-0.4, -0.2) is 36.0 Å². The average Bonchev–Trinajstić information content (AvgIpc) is 2.53. The largest absolute Gasteiger partial charge is 0.370 e. The fraction of sp³-hybridized carbons (Fsp3) is 0.750.